The van der Waals surface area contributed by atoms with Gasteiger partial charge in [0.05, 0.1) is 30.0 Å². The molecule has 4 saturated carbocycles. The number of fused-ring (bicyclic) bond motifs is 5. The molecule has 5 fully saturated rings. The van der Waals surface area contributed by atoms with Crippen molar-refractivity contribution < 1.29 is 24.1 Å². The van der Waals surface area contributed by atoms with Crippen molar-refractivity contribution in [3.8, 4) is 0 Å². The summed E-state index contributed by atoms with van der Waals surface area (Å²) in [6, 6.07) is 0.186. The Bertz CT molecular complexity index is 806. The lowest BCUT2D eigenvalue weighted by atomic mass is 9.43. The molecular weight excluding hydrogens is 442 g/mol. The highest BCUT2D eigenvalue weighted by atomic mass is 16.7. The van der Waals surface area contributed by atoms with Crippen molar-refractivity contribution >= 4 is 5.78 Å². The minimum atomic E-state index is -0.682. The normalized spacial score (nSPS) is 54.0. The van der Waals surface area contributed by atoms with Crippen LogP contribution in [0.5, 0.6) is 0 Å². The molecule has 0 amide bonds. The van der Waals surface area contributed by atoms with Crippen LogP contribution in [-0.2, 0) is 19.0 Å². The van der Waals surface area contributed by atoms with Crippen LogP contribution in [0.2, 0.25) is 0 Å². The van der Waals surface area contributed by atoms with Crippen molar-refractivity contribution in [2.75, 3.05) is 14.2 Å². The Morgan fingerprint density at radius 1 is 1.03 bits per heavy atom. The largest absolute Gasteiger partial charge is 0.389 e. The molecule has 0 aromatic rings. The third-order valence-electron chi connectivity index (χ3n) is 12.0. The summed E-state index contributed by atoms with van der Waals surface area (Å²) < 4.78 is 18.6. The maximum Gasteiger partial charge on any atom is 0.160 e. The molecule has 1 heterocycles. The summed E-state index contributed by atoms with van der Waals surface area (Å²) in [6.07, 6.45) is 10.3. The van der Waals surface area contributed by atoms with Crippen LogP contribution in [0.3, 0.4) is 0 Å². The Kier molecular flexibility index (Phi) is 6.96. The number of Topliss-reactive ketones (excluding diaryl/α,β-unsaturated/α-hetero) is 1. The van der Waals surface area contributed by atoms with Crippen molar-refractivity contribution in [1.29, 1.82) is 0 Å². The van der Waals surface area contributed by atoms with Crippen LogP contribution in [-0.4, -0.2) is 61.3 Å². The van der Waals surface area contributed by atoms with Crippen molar-refractivity contribution in [1.82, 2.24) is 5.32 Å². The first-order valence-corrected chi connectivity index (χ1v) is 14.3. The van der Waals surface area contributed by atoms with Crippen LogP contribution in [0, 0.1) is 34.5 Å². The second-order valence-electron chi connectivity index (χ2n) is 13.2. The van der Waals surface area contributed by atoms with E-state index in [9.17, 15) is 9.90 Å². The number of methoxy groups -OCH3 is 1. The van der Waals surface area contributed by atoms with Crippen LogP contribution < -0.4 is 5.32 Å². The van der Waals surface area contributed by atoms with Gasteiger partial charge in [-0.3, -0.25) is 4.79 Å². The zero-order valence-electron chi connectivity index (χ0n) is 22.8. The van der Waals surface area contributed by atoms with Gasteiger partial charge < -0.3 is 24.6 Å². The molecule has 5 aliphatic rings. The molecule has 12 atom stereocenters. The smallest absolute Gasteiger partial charge is 0.160 e. The molecule has 4 aliphatic carbocycles. The van der Waals surface area contributed by atoms with Crippen LogP contribution >= 0.6 is 0 Å². The van der Waals surface area contributed by atoms with Gasteiger partial charge in [-0.05, 0) is 102 Å². The van der Waals surface area contributed by atoms with Gasteiger partial charge >= 0.3 is 0 Å². The fraction of sp³-hybridized carbons (Fsp3) is 0.966. The molecule has 5 rings (SSSR count). The van der Waals surface area contributed by atoms with E-state index in [-0.39, 0.29) is 53.2 Å². The summed E-state index contributed by atoms with van der Waals surface area (Å²) in [5.41, 5.74) is -0.679. The average Bonchev–Trinajstić information content (AvgIpc) is 3.10. The van der Waals surface area contributed by atoms with Gasteiger partial charge in [-0.25, -0.2) is 0 Å². The average molecular weight is 492 g/mol. The Labute approximate surface area is 212 Å². The third kappa shape index (κ3) is 3.96. The highest BCUT2D eigenvalue weighted by Crippen LogP contribution is 2.69. The van der Waals surface area contributed by atoms with Crippen LogP contribution in [0.1, 0.15) is 91.9 Å². The fourth-order valence-electron chi connectivity index (χ4n) is 9.94. The molecule has 35 heavy (non-hydrogen) atoms. The number of hydrogen-bond donors (Lipinski definition) is 2. The zero-order valence-corrected chi connectivity index (χ0v) is 22.8. The standard InChI is InChI=1S/C29H49NO5/c1-17(31)21-11-14-29(32)23-8-7-19-15-20(9-12-27(19,3)22(23)10-13-28(21,29)4)35-25-16-24(33-6)26(30-5)18(2)34-25/h18-26,30,32H,7-16H2,1-6H3/t18-,19-,20-,21-,22-,23+,24-,25+,26-,27-,28+,29-/m0/s1. The lowest BCUT2D eigenvalue weighted by Gasteiger charge is -2.63. The van der Waals surface area contributed by atoms with Gasteiger partial charge in [-0.15, -0.1) is 0 Å². The predicted octanol–water partition coefficient (Wildman–Crippen LogP) is 4.47. The number of carbonyl (C=O) groups excluding carboxylic acids is 1. The van der Waals surface area contributed by atoms with Gasteiger partial charge in [-0.2, -0.15) is 0 Å². The van der Waals surface area contributed by atoms with E-state index in [1.165, 1.54) is 0 Å². The number of ketones is 1. The van der Waals surface area contributed by atoms with E-state index in [0.29, 0.717) is 17.8 Å². The minimum absolute atomic E-state index is 0.0273. The summed E-state index contributed by atoms with van der Waals surface area (Å²) in [4.78, 5) is 12.4. The zero-order chi connectivity index (χ0) is 25.2. The number of ether oxygens (including phenoxy) is 3. The van der Waals surface area contributed by atoms with Crippen LogP contribution in [0.25, 0.3) is 0 Å². The van der Waals surface area contributed by atoms with E-state index in [4.69, 9.17) is 14.2 Å². The highest BCUT2D eigenvalue weighted by Gasteiger charge is 2.67. The molecule has 0 spiro atoms. The van der Waals surface area contributed by atoms with Crippen molar-refractivity contribution in [3.05, 3.63) is 0 Å². The quantitative estimate of drug-likeness (QED) is 0.553. The van der Waals surface area contributed by atoms with E-state index in [2.05, 4.69) is 26.1 Å². The first-order valence-electron chi connectivity index (χ1n) is 14.3. The van der Waals surface area contributed by atoms with Crippen molar-refractivity contribution in [3.63, 3.8) is 0 Å². The fourth-order valence-corrected chi connectivity index (χ4v) is 9.94. The van der Waals surface area contributed by atoms with E-state index in [1.54, 1.807) is 14.0 Å². The summed E-state index contributed by atoms with van der Waals surface area (Å²) >= 11 is 0. The SMILES string of the molecule is CN[C@H]1[C@H](C)O[C@H](O[C@H]2CC[C@@]3(C)[C@@H](CC[C@@H]4[C@@H]3CC[C@]3(C)[C@H](C(C)=O)CC[C@]43O)C2)C[C@@H]1OC. The van der Waals surface area contributed by atoms with Crippen molar-refractivity contribution in [2.24, 2.45) is 34.5 Å². The molecule has 6 heteroatoms. The molecule has 200 valence electrons. The van der Waals surface area contributed by atoms with Gasteiger partial charge in [0, 0.05) is 24.9 Å². The van der Waals surface area contributed by atoms with Crippen LogP contribution in [0.4, 0.5) is 0 Å². The van der Waals surface area contributed by atoms with Gasteiger partial charge in [0.2, 0.25) is 0 Å². The Balaban J connectivity index is 1.26. The number of likely N-dealkylation sites (N-methyl/N-ethyl adjacent to an activating group) is 1. The first-order chi connectivity index (χ1) is 16.6. The molecule has 1 aliphatic heterocycles. The molecule has 1 saturated heterocycles. The number of carbonyl (C=O) groups is 1. The molecule has 0 bridgehead atoms. The van der Waals surface area contributed by atoms with Gasteiger partial charge in [0.15, 0.2) is 6.29 Å². The molecule has 2 N–H and O–H groups in total. The molecule has 0 unspecified atom stereocenters. The summed E-state index contributed by atoms with van der Waals surface area (Å²) in [7, 11) is 3.74. The number of nitrogens with one attached hydrogen (secondary N) is 1. The highest BCUT2D eigenvalue weighted by molar-refractivity contribution is 5.80. The van der Waals surface area contributed by atoms with E-state index in [1.807, 2.05) is 7.05 Å². The number of rotatable bonds is 5. The molecular formula is C29H49NO5. The third-order valence-corrected chi connectivity index (χ3v) is 12.0. The maximum atomic E-state index is 12.4. The van der Waals surface area contributed by atoms with Crippen molar-refractivity contribution in [2.45, 2.75) is 128 Å². The lowest BCUT2D eigenvalue weighted by Crippen LogP contribution is -2.62. The van der Waals surface area contributed by atoms with Gasteiger partial charge in [-0.1, -0.05) is 13.8 Å². The van der Waals surface area contributed by atoms with E-state index >= 15 is 0 Å². The lowest BCUT2D eigenvalue weighted by molar-refractivity contribution is -0.257. The summed E-state index contributed by atoms with van der Waals surface area (Å²) in [6.45, 7) is 8.56. The maximum absolute atomic E-state index is 12.4. The summed E-state index contributed by atoms with van der Waals surface area (Å²) in [5, 5.41) is 15.5. The number of aliphatic hydroxyl groups is 1. The summed E-state index contributed by atoms with van der Waals surface area (Å²) in [5.74, 6) is 1.80. The molecule has 6 nitrogen and oxygen atoms in total. The molecule has 0 aromatic carbocycles. The molecule has 0 aromatic heterocycles. The predicted molar refractivity (Wildman–Crippen MR) is 135 cm³/mol. The topological polar surface area (TPSA) is 77.0 Å². The van der Waals surface area contributed by atoms with Gasteiger partial charge in [0.25, 0.3) is 0 Å². The second kappa shape index (κ2) is 9.34. The second-order valence-corrected chi connectivity index (χ2v) is 13.2. The number of hydrogen-bond acceptors (Lipinski definition) is 6. The van der Waals surface area contributed by atoms with Crippen LogP contribution in [0.15, 0.2) is 0 Å². The monoisotopic (exact) mass is 491 g/mol. The van der Waals surface area contributed by atoms with Gasteiger partial charge in [0.1, 0.15) is 5.78 Å². The minimum Gasteiger partial charge on any atom is -0.389 e. The molecule has 0 radical (unpaired) electrons. The first kappa shape index (κ1) is 26.1. The Morgan fingerprint density at radius 2 is 1.80 bits per heavy atom. The van der Waals surface area contributed by atoms with E-state index < -0.39 is 5.60 Å². The Hall–Kier alpha value is -0.530. The van der Waals surface area contributed by atoms with E-state index in [0.717, 1.165) is 64.2 Å². The Morgan fingerprint density at radius 3 is 2.49 bits per heavy atom.